The summed E-state index contributed by atoms with van der Waals surface area (Å²) in [5.74, 6) is -0.264. The van der Waals surface area contributed by atoms with Crippen LogP contribution >= 0.6 is 27.3 Å². The molecule has 0 fully saturated rings. The summed E-state index contributed by atoms with van der Waals surface area (Å²) in [5, 5.41) is 4.93. The Morgan fingerprint density at radius 3 is 3.00 bits per heavy atom. The number of hydrogen-bond acceptors (Lipinski definition) is 3. The van der Waals surface area contributed by atoms with Crippen molar-refractivity contribution in [3.63, 3.8) is 0 Å². The largest absolute Gasteiger partial charge is 0.377 e. The molecule has 0 amide bonds. The Morgan fingerprint density at radius 2 is 2.33 bits per heavy atom. The first-order valence-corrected chi connectivity index (χ1v) is 6.05. The van der Waals surface area contributed by atoms with Gasteiger partial charge in [0.25, 0.3) is 0 Å². The fourth-order valence-electron chi connectivity index (χ4n) is 1.14. The first-order chi connectivity index (χ1) is 7.25. The van der Waals surface area contributed by atoms with E-state index in [1.807, 2.05) is 5.38 Å². The number of thiazole rings is 1. The van der Waals surface area contributed by atoms with Gasteiger partial charge in [0.15, 0.2) is 0 Å². The number of anilines is 1. The summed E-state index contributed by atoms with van der Waals surface area (Å²) in [5.41, 5.74) is 3.17. The molecule has 0 spiro atoms. The molecule has 2 rings (SSSR count). The minimum atomic E-state index is -0.264. The number of benzene rings is 1. The van der Waals surface area contributed by atoms with Crippen LogP contribution in [-0.2, 0) is 6.54 Å². The quantitative estimate of drug-likeness (QED) is 0.932. The molecule has 0 aliphatic heterocycles. The molecular formula is C10H8BrFN2S. The highest BCUT2D eigenvalue weighted by molar-refractivity contribution is 9.10. The smallest absolute Gasteiger partial charge is 0.147 e. The third kappa shape index (κ3) is 2.76. The highest BCUT2D eigenvalue weighted by atomic mass is 79.9. The standard InChI is InChI=1S/C10H8BrFN2S/c11-7-1-2-10(9(12)3-7)13-4-8-5-15-6-14-8/h1-3,5-6,13H,4H2. The molecule has 0 bridgehead atoms. The van der Waals surface area contributed by atoms with Gasteiger partial charge in [0.2, 0.25) is 0 Å². The topological polar surface area (TPSA) is 24.9 Å². The van der Waals surface area contributed by atoms with Crippen molar-refractivity contribution in [3.8, 4) is 0 Å². The van der Waals surface area contributed by atoms with Gasteiger partial charge in [-0.1, -0.05) is 15.9 Å². The molecule has 0 saturated heterocycles. The van der Waals surface area contributed by atoms with Gasteiger partial charge < -0.3 is 5.32 Å². The lowest BCUT2D eigenvalue weighted by Gasteiger charge is -2.05. The van der Waals surface area contributed by atoms with Crippen LogP contribution < -0.4 is 5.32 Å². The maximum atomic E-state index is 13.4. The van der Waals surface area contributed by atoms with Gasteiger partial charge in [0, 0.05) is 9.85 Å². The molecule has 0 atom stereocenters. The van der Waals surface area contributed by atoms with Crippen LogP contribution in [0.15, 0.2) is 33.6 Å². The highest BCUT2D eigenvalue weighted by Gasteiger charge is 2.02. The normalized spacial score (nSPS) is 10.3. The van der Waals surface area contributed by atoms with E-state index in [9.17, 15) is 4.39 Å². The molecule has 78 valence electrons. The Labute approximate surface area is 99.3 Å². The maximum absolute atomic E-state index is 13.4. The zero-order chi connectivity index (χ0) is 10.7. The van der Waals surface area contributed by atoms with Crippen molar-refractivity contribution in [2.45, 2.75) is 6.54 Å². The summed E-state index contributed by atoms with van der Waals surface area (Å²) in [4.78, 5) is 4.10. The van der Waals surface area contributed by atoms with Crippen molar-refractivity contribution in [3.05, 3.63) is 45.1 Å². The molecular weight excluding hydrogens is 279 g/mol. The Bertz CT molecular complexity index is 445. The number of rotatable bonds is 3. The third-order valence-electron chi connectivity index (χ3n) is 1.87. The Hall–Kier alpha value is -0.940. The SMILES string of the molecule is Fc1cc(Br)ccc1NCc1cscn1. The van der Waals surface area contributed by atoms with E-state index < -0.39 is 0 Å². The summed E-state index contributed by atoms with van der Waals surface area (Å²) < 4.78 is 14.1. The number of nitrogens with one attached hydrogen (secondary N) is 1. The molecule has 1 aromatic carbocycles. The Balaban J connectivity index is 2.05. The minimum Gasteiger partial charge on any atom is -0.377 e. The maximum Gasteiger partial charge on any atom is 0.147 e. The van der Waals surface area contributed by atoms with Gasteiger partial charge in [-0.2, -0.15) is 0 Å². The Morgan fingerprint density at radius 1 is 1.47 bits per heavy atom. The van der Waals surface area contributed by atoms with Gasteiger partial charge in [-0.25, -0.2) is 9.37 Å². The number of hydrogen-bond donors (Lipinski definition) is 1. The predicted octanol–water partition coefficient (Wildman–Crippen LogP) is 3.66. The molecule has 0 saturated carbocycles. The van der Waals surface area contributed by atoms with Gasteiger partial charge in [-0.05, 0) is 18.2 Å². The van der Waals surface area contributed by atoms with Crippen LogP contribution in [0, 0.1) is 5.82 Å². The second-order valence-corrected chi connectivity index (χ2v) is 4.59. The van der Waals surface area contributed by atoms with E-state index in [4.69, 9.17) is 0 Å². The second-order valence-electron chi connectivity index (χ2n) is 2.96. The number of aromatic nitrogens is 1. The van der Waals surface area contributed by atoms with Crippen LogP contribution in [-0.4, -0.2) is 4.98 Å². The molecule has 2 aromatic rings. The molecule has 0 radical (unpaired) electrons. The van der Waals surface area contributed by atoms with E-state index >= 15 is 0 Å². The lowest BCUT2D eigenvalue weighted by atomic mass is 10.3. The van der Waals surface area contributed by atoms with Crippen LogP contribution in [0.3, 0.4) is 0 Å². The zero-order valence-electron chi connectivity index (χ0n) is 7.71. The average molecular weight is 287 g/mol. The minimum absolute atomic E-state index is 0.264. The van der Waals surface area contributed by atoms with Gasteiger partial charge >= 0.3 is 0 Å². The Kier molecular flexibility index (Phi) is 3.33. The summed E-state index contributed by atoms with van der Waals surface area (Å²) in [7, 11) is 0. The fraction of sp³-hybridized carbons (Fsp3) is 0.100. The lowest BCUT2D eigenvalue weighted by molar-refractivity contribution is 0.629. The van der Waals surface area contributed by atoms with Crippen LogP contribution in [0.1, 0.15) is 5.69 Å². The molecule has 0 aliphatic carbocycles. The van der Waals surface area contributed by atoms with Crippen LogP contribution in [0.25, 0.3) is 0 Å². The monoisotopic (exact) mass is 286 g/mol. The van der Waals surface area contributed by atoms with Crippen LogP contribution in [0.5, 0.6) is 0 Å². The average Bonchev–Trinajstić information content (AvgIpc) is 2.69. The van der Waals surface area contributed by atoms with Crippen molar-refractivity contribution in [1.82, 2.24) is 4.98 Å². The zero-order valence-corrected chi connectivity index (χ0v) is 10.1. The molecule has 1 aromatic heterocycles. The van der Waals surface area contributed by atoms with Gasteiger partial charge in [-0.3, -0.25) is 0 Å². The number of nitrogens with zero attached hydrogens (tertiary/aromatic N) is 1. The molecule has 15 heavy (non-hydrogen) atoms. The van der Waals surface area contributed by atoms with Crippen molar-refractivity contribution < 1.29 is 4.39 Å². The summed E-state index contributed by atoms with van der Waals surface area (Å²) in [6.45, 7) is 0.544. The number of halogens is 2. The van der Waals surface area contributed by atoms with Gasteiger partial charge in [-0.15, -0.1) is 11.3 Å². The fourth-order valence-corrected chi connectivity index (χ4v) is 2.03. The predicted molar refractivity (Wildman–Crippen MR) is 63.5 cm³/mol. The van der Waals surface area contributed by atoms with Crippen LogP contribution in [0.2, 0.25) is 0 Å². The first kappa shape index (κ1) is 10.6. The summed E-state index contributed by atoms with van der Waals surface area (Å²) in [6, 6.07) is 4.93. The van der Waals surface area contributed by atoms with Crippen molar-refractivity contribution in [1.29, 1.82) is 0 Å². The molecule has 1 N–H and O–H groups in total. The van der Waals surface area contributed by atoms with Crippen molar-refractivity contribution in [2.75, 3.05) is 5.32 Å². The molecule has 2 nitrogen and oxygen atoms in total. The molecule has 0 aliphatic rings. The van der Waals surface area contributed by atoms with E-state index in [0.29, 0.717) is 12.2 Å². The molecule has 0 unspecified atom stereocenters. The van der Waals surface area contributed by atoms with Gasteiger partial charge in [0.05, 0.1) is 23.4 Å². The van der Waals surface area contributed by atoms with E-state index in [1.165, 1.54) is 17.4 Å². The molecule has 5 heteroatoms. The summed E-state index contributed by atoms with van der Waals surface area (Å²) >= 11 is 4.74. The third-order valence-corrected chi connectivity index (χ3v) is 3.00. The summed E-state index contributed by atoms with van der Waals surface area (Å²) in [6.07, 6.45) is 0. The van der Waals surface area contributed by atoms with Crippen molar-refractivity contribution in [2.24, 2.45) is 0 Å². The van der Waals surface area contributed by atoms with E-state index in [1.54, 1.807) is 17.6 Å². The first-order valence-electron chi connectivity index (χ1n) is 4.31. The van der Waals surface area contributed by atoms with Crippen molar-refractivity contribution >= 4 is 33.0 Å². The van der Waals surface area contributed by atoms with E-state index in [2.05, 4.69) is 26.2 Å². The molecule has 1 heterocycles. The van der Waals surface area contributed by atoms with E-state index in [-0.39, 0.29) is 5.82 Å². The highest BCUT2D eigenvalue weighted by Crippen LogP contribution is 2.19. The van der Waals surface area contributed by atoms with Crippen LogP contribution in [0.4, 0.5) is 10.1 Å². The lowest BCUT2D eigenvalue weighted by Crippen LogP contribution is -2.01. The van der Waals surface area contributed by atoms with E-state index in [0.717, 1.165) is 10.2 Å². The second kappa shape index (κ2) is 4.72. The van der Waals surface area contributed by atoms with Gasteiger partial charge in [0.1, 0.15) is 5.82 Å².